The van der Waals surface area contributed by atoms with E-state index in [4.69, 9.17) is 4.74 Å². The molecule has 1 atom stereocenters. The summed E-state index contributed by atoms with van der Waals surface area (Å²) >= 11 is 2.77. The van der Waals surface area contributed by atoms with E-state index in [2.05, 4.69) is 15.5 Å². The first-order chi connectivity index (χ1) is 14.9. The molecule has 1 amide bonds. The van der Waals surface area contributed by atoms with Crippen molar-refractivity contribution in [3.8, 4) is 11.4 Å². The predicted molar refractivity (Wildman–Crippen MR) is 118 cm³/mol. The molecule has 0 radical (unpaired) electrons. The molecule has 4 rings (SSSR count). The van der Waals surface area contributed by atoms with Gasteiger partial charge in [-0.15, -0.1) is 16.4 Å². The van der Waals surface area contributed by atoms with Gasteiger partial charge in [0.2, 0.25) is 11.1 Å². The SMILES string of the molecule is COc1ccc(-n2nnnc2SCC(=O)N(Cc2cccs2)[C@@H]2CCS(=O)(=O)C2)cc1. The summed E-state index contributed by atoms with van der Waals surface area (Å²) in [5.41, 5.74) is 0.748. The minimum atomic E-state index is -3.10. The average Bonchev–Trinajstić information content (AvgIpc) is 3.51. The van der Waals surface area contributed by atoms with Gasteiger partial charge in [-0.1, -0.05) is 17.8 Å². The zero-order chi connectivity index (χ0) is 21.8. The number of nitrogens with zero attached hydrogens (tertiary/aromatic N) is 5. The fourth-order valence-electron chi connectivity index (χ4n) is 3.38. The van der Waals surface area contributed by atoms with Crippen molar-refractivity contribution in [2.75, 3.05) is 24.4 Å². The number of rotatable bonds is 8. The maximum Gasteiger partial charge on any atom is 0.233 e. The van der Waals surface area contributed by atoms with Crippen molar-refractivity contribution in [2.24, 2.45) is 0 Å². The first-order valence-electron chi connectivity index (χ1n) is 9.53. The maximum atomic E-state index is 13.1. The second-order valence-corrected chi connectivity index (χ2v) is 11.2. The Morgan fingerprint density at radius 3 is 2.77 bits per heavy atom. The van der Waals surface area contributed by atoms with Crippen LogP contribution in [-0.2, 0) is 21.2 Å². The molecule has 3 heterocycles. The third kappa shape index (κ3) is 5.25. The summed E-state index contributed by atoms with van der Waals surface area (Å²) in [6.45, 7) is 0.403. The number of hydrogen-bond acceptors (Lipinski definition) is 9. The fourth-order valence-corrected chi connectivity index (χ4v) is 6.59. The highest BCUT2D eigenvalue weighted by Crippen LogP contribution is 2.25. The highest BCUT2D eigenvalue weighted by atomic mass is 32.2. The van der Waals surface area contributed by atoms with E-state index in [1.807, 2.05) is 29.6 Å². The summed E-state index contributed by atoms with van der Waals surface area (Å²) in [5.74, 6) is 0.827. The summed E-state index contributed by atoms with van der Waals surface area (Å²) in [5, 5.41) is 14.2. The lowest BCUT2D eigenvalue weighted by molar-refractivity contribution is -0.130. The lowest BCUT2D eigenvalue weighted by Crippen LogP contribution is -2.41. The molecular formula is C19H21N5O4S3. The molecule has 0 aliphatic carbocycles. The standard InChI is InChI=1S/C19H21N5O4S3/c1-28-16-6-4-14(5-7-16)24-19(20-21-22-24)30-12-18(25)23(11-17-3-2-9-29-17)15-8-10-31(26,27)13-15/h2-7,9,15H,8,10-13H2,1H3/t15-/m1/s1. The molecule has 164 valence electrons. The largest absolute Gasteiger partial charge is 0.497 e. The van der Waals surface area contributed by atoms with Crippen LogP contribution in [0, 0.1) is 0 Å². The zero-order valence-corrected chi connectivity index (χ0v) is 19.2. The number of carbonyl (C=O) groups excluding carboxylic acids is 1. The molecule has 12 heteroatoms. The number of thioether (sulfide) groups is 1. The summed E-state index contributed by atoms with van der Waals surface area (Å²) in [7, 11) is -1.51. The Hall–Kier alpha value is -2.44. The first-order valence-corrected chi connectivity index (χ1v) is 13.2. The minimum absolute atomic E-state index is 0.0123. The predicted octanol–water partition coefficient (Wildman–Crippen LogP) is 2.04. The number of hydrogen-bond donors (Lipinski definition) is 0. The zero-order valence-electron chi connectivity index (χ0n) is 16.7. The van der Waals surface area contributed by atoms with Gasteiger partial charge in [0, 0.05) is 10.9 Å². The van der Waals surface area contributed by atoms with E-state index in [9.17, 15) is 13.2 Å². The number of benzene rings is 1. The molecule has 3 aromatic rings. The second kappa shape index (κ2) is 9.37. The van der Waals surface area contributed by atoms with E-state index in [1.54, 1.807) is 40.2 Å². The van der Waals surface area contributed by atoms with E-state index in [1.165, 1.54) is 11.8 Å². The third-order valence-electron chi connectivity index (χ3n) is 4.96. The molecule has 1 aliphatic heterocycles. The highest BCUT2D eigenvalue weighted by Gasteiger charge is 2.35. The van der Waals surface area contributed by atoms with Gasteiger partial charge in [0.25, 0.3) is 0 Å². The fraction of sp³-hybridized carbons (Fsp3) is 0.368. The molecule has 1 saturated heterocycles. The van der Waals surface area contributed by atoms with Crippen LogP contribution in [-0.4, -0.2) is 69.8 Å². The van der Waals surface area contributed by atoms with Crippen molar-refractivity contribution in [2.45, 2.75) is 24.2 Å². The summed E-state index contributed by atoms with van der Waals surface area (Å²) in [6, 6.07) is 10.8. The lowest BCUT2D eigenvalue weighted by Gasteiger charge is -2.27. The molecule has 0 unspecified atom stereocenters. The van der Waals surface area contributed by atoms with Crippen LogP contribution in [0.5, 0.6) is 5.75 Å². The van der Waals surface area contributed by atoms with Crippen LogP contribution in [0.2, 0.25) is 0 Å². The summed E-state index contributed by atoms with van der Waals surface area (Å²) in [6.07, 6.45) is 0.466. The third-order valence-corrected chi connectivity index (χ3v) is 8.47. The number of carbonyl (C=O) groups is 1. The van der Waals surface area contributed by atoms with Crippen molar-refractivity contribution >= 4 is 38.8 Å². The average molecular weight is 480 g/mol. The van der Waals surface area contributed by atoms with Gasteiger partial charge in [0.05, 0.1) is 36.6 Å². The number of ether oxygens (including phenoxy) is 1. The van der Waals surface area contributed by atoms with Crippen LogP contribution in [0.25, 0.3) is 5.69 Å². The van der Waals surface area contributed by atoms with E-state index in [-0.39, 0.29) is 29.2 Å². The molecule has 1 aromatic carbocycles. The number of thiophene rings is 1. The van der Waals surface area contributed by atoms with E-state index >= 15 is 0 Å². The maximum absolute atomic E-state index is 13.1. The molecular weight excluding hydrogens is 458 g/mol. The molecule has 9 nitrogen and oxygen atoms in total. The first kappa shape index (κ1) is 21.8. The van der Waals surface area contributed by atoms with E-state index < -0.39 is 9.84 Å². The van der Waals surface area contributed by atoms with Gasteiger partial charge in [-0.25, -0.2) is 8.42 Å². The number of tetrazole rings is 1. The normalized spacial score (nSPS) is 17.5. The monoisotopic (exact) mass is 479 g/mol. The number of amides is 1. The van der Waals surface area contributed by atoms with Gasteiger partial charge in [-0.2, -0.15) is 4.68 Å². The van der Waals surface area contributed by atoms with Gasteiger partial charge >= 0.3 is 0 Å². The molecule has 0 N–H and O–H groups in total. The quantitative estimate of drug-likeness (QED) is 0.452. The number of methoxy groups -OCH3 is 1. The Morgan fingerprint density at radius 1 is 1.32 bits per heavy atom. The lowest BCUT2D eigenvalue weighted by atomic mass is 10.2. The number of sulfone groups is 1. The van der Waals surface area contributed by atoms with Crippen molar-refractivity contribution in [1.29, 1.82) is 0 Å². The Balaban J connectivity index is 1.47. The van der Waals surface area contributed by atoms with Crippen LogP contribution in [0.3, 0.4) is 0 Å². The molecule has 1 aliphatic rings. The summed E-state index contributed by atoms with van der Waals surface area (Å²) in [4.78, 5) is 15.8. The Morgan fingerprint density at radius 2 is 2.13 bits per heavy atom. The van der Waals surface area contributed by atoms with Crippen molar-refractivity contribution in [3.63, 3.8) is 0 Å². The van der Waals surface area contributed by atoms with Gasteiger partial charge < -0.3 is 9.64 Å². The minimum Gasteiger partial charge on any atom is -0.497 e. The van der Waals surface area contributed by atoms with E-state index in [0.29, 0.717) is 18.1 Å². The van der Waals surface area contributed by atoms with Crippen molar-refractivity contribution < 1.29 is 17.9 Å². The van der Waals surface area contributed by atoms with Crippen LogP contribution in [0.4, 0.5) is 0 Å². The van der Waals surface area contributed by atoms with E-state index in [0.717, 1.165) is 16.3 Å². The van der Waals surface area contributed by atoms with Crippen molar-refractivity contribution in [3.05, 3.63) is 46.7 Å². The summed E-state index contributed by atoms with van der Waals surface area (Å²) < 4.78 is 30.7. The van der Waals surface area contributed by atoms with Gasteiger partial charge in [-0.3, -0.25) is 4.79 Å². The Kier molecular flexibility index (Phi) is 6.58. The molecule has 2 aromatic heterocycles. The molecule has 0 bridgehead atoms. The van der Waals surface area contributed by atoms with Crippen LogP contribution in [0.15, 0.2) is 46.9 Å². The molecule has 1 fully saturated rings. The Labute approximate surface area is 188 Å². The van der Waals surface area contributed by atoms with Gasteiger partial charge in [0.1, 0.15) is 5.75 Å². The number of aromatic nitrogens is 4. The molecule has 0 spiro atoms. The van der Waals surface area contributed by atoms with Gasteiger partial charge in [-0.05, 0) is 52.6 Å². The second-order valence-electron chi connectivity index (χ2n) is 7.02. The Bertz CT molecular complexity index is 1130. The smallest absolute Gasteiger partial charge is 0.233 e. The van der Waals surface area contributed by atoms with Crippen LogP contribution in [0.1, 0.15) is 11.3 Å². The highest BCUT2D eigenvalue weighted by molar-refractivity contribution is 7.99. The molecule has 0 saturated carbocycles. The van der Waals surface area contributed by atoms with Crippen LogP contribution >= 0.6 is 23.1 Å². The van der Waals surface area contributed by atoms with Crippen LogP contribution < -0.4 is 4.74 Å². The van der Waals surface area contributed by atoms with Gasteiger partial charge in [0.15, 0.2) is 9.84 Å². The topological polar surface area (TPSA) is 107 Å². The van der Waals surface area contributed by atoms with Crippen molar-refractivity contribution in [1.82, 2.24) is 25.1 Å². The molecule has 31 heavy (non-hydrogen) atoms.